The van der Waals surface area contributed by atoms with Gasteiger partial charge in [-0.05, 0) is 37.7 Å². The number of anilines is 1. The van der Waals surface area contributed by atoms with Crippen LogP contribution in [0.5, 0.6) is 5.75 Å². The smallest absolute Gasteiger partial charge is 0.119 e. The topological polar surface area (TPSA) is 15.7 Å². The van der Waals surface area contributed by atoms with Gasteiger partial charge in [0.25, 0.3) is 0 Å². The van der Waals surface area contributed by atoms with Gasteiger partial charge in [-0.3, -0.25) is 0 Å². The van der Waals surface area contributed by atoms with Gasteiger partial charge in [-0.2, -0.15) is 0 Å². The molecule has 0 radical (unpaired) electrons. The first kappa shape index (κ1) is 13.2. The minimum Gasteiger partial charge on any atom is -0.494 e. The molecule has 0 N–H and O–H groups in total. The third-order valence-corrected chi connectivity index (χ3v) is 3.47. The number of unbranched alkanes of at least 4 members (excludes halogenated alkanes) is 1. The lowest BCUT2D eigenvalue weighted by Crippen LogP contribution is -2.44. The van der Waals surface area contributed by atoms with Crippen LogP contribution in [0.25, 0.3) is 0 Å². The van der Waals surface area contributed by atoms with Crippen LogP contribution in [-0.4, -0.2) is 44.7 Å². The fraction of sp³-hybridized carbons (Fsp3) is 0.600. The summed E-state index contributed by atoms with van der Waals surface area (Å²) < 4.78 is 5.68. The summed E-state index contributed by atoms with van der Waals surface area (Å²) in [5, 5.41) is 0. The van der Waals surface area contributed by atoms with Gasteiger partial charge in [0.1, 0.15) is 5.75 Å². The molecule has 1 saturated heterocycles. The Morgan fingerprint density at radius 3 is 2.33 bits per heavy atom. The van der Waals surface area contributed by atoms with Crippen molar-refractivity contribution in [3.05, 3.63) is 24.3 Å². The maximum absolute atomic E-state index is 5.68. The number of ether oxygens (including phenoxy) is 1. The molecular weight excluding hydrogens is 224 g/mol. The Balaban J connectivity index is 1.87. The van der Waals surface area contributed by atoms with Crippen molar-refractivity contribution >= 4 is 5.69 Å². The summed E-state index contributed by atoms with van der Waals surface area (Å²) in [6, 6.07) is 8.52. The van der Waals surface area contributed by atoms with Crippen LogP contribution in [0.2, 0.25) is 0 Å². The quantitative estimate of drug-likeness (QED) is 0.745. The van der Waals surface area contributed by atoms with Crippen LogP contribution in [0, 0.1) is 0 Å². The summed E-state index contributed by atoms with van der Waals surface area (Å²) in [6.45, 7) is 7.53. The van der Waals surface area contributed by atoms with Gasteiger partial charge in [-0.1, -0.05) is 13.3 Å². The lowest BCUT2D eigenvalue weighted by molar-refractivity contribution is 0.308. The highest BCUT2D eigenvalue weighted by atomic mass is 16.5. The van der Waals surface area contributed by atoms with E-state index in [1.165, 1.54) is 12.1 Å². The molecule has 100 valence electrons. The van der Waals surface area contributed by atoms with E-state index in [0.29, 0.717) is 0 Å². The third-order valence-electron chi connectivity index (χ3n) is 3.47. The van der Waals surface area contributed by atoms with Crippen molar-refractivity contribution in [2.45, 2.75) is 19.8 Å². The molecule has 1 aliphatic rings. The van der Waals surface area contributed by atoms with Crippen molar-refractivity contribution < 1.29 is 4.74 Å². The predicted molar refractivity (Wildman–Crippen MR) is 76.6 cm³/mol. The normalized spacial score (nSPS) is 16.9. The molecule has 1 aromatic rings. The summed E-state index contributed by atoms with van der Waals surface area (Å²) in [6.07, 6.45) is 2.31. The van der Waals surface area contributed by atoms with Crippen molar-refractivity contribution in [3.63, 3.8) is 0 Å². The molecule has 0 bridgehead atoms. The summed E-state index contributed by atoms with van der Waals surface area (Å²) >= 11 is 0. The number of nitrogens with zero attached hydrogens (tertiary/aromatic N) is 2. The number of hydrogen-bond donors (Lipinski definition) is 0. The van der Waals surface area contributed by atoms with E-state index in [-0.39, 0.29) is 0 Å². The lowest BCUT2D eigenvalue weighted by atomic mass is 10.2. The second-order valence-corrected chi connectivity index (χ2v) is 4.99. The molecule has 1 heterocycles. The van der Waals surface area contributed by atoms with E-state index in [4.69, 9.17) is 4.74 Å². The van der Waals surface area contributed by atoms with Gasteiger partial charge >= 0.3 is 0 Å². The molecule has 0 unspecified atom stereocenters. The van der Waals surface area contributed by atoms with Crippen LogP contribution in [0.3, 0.4) is 0 Å². The molecule has 0 aliphatic carbocycles. The summed E-state index contributed by atoms with van der Waals surface area (Å²) in [4.78, 5) is 4.81. The number of likely N-dealkylation sites (N-methyl/N-ethyl adjacent to an activating group) is 1. The fourth-order valence-electron chi connectivity index (χ4n) is 2.15. The van der Waals surface area contributed by atoms with Gasteiger partial charge < -0.3 is 14.5 Å². The first-order valence-electron chi connectivity index (χ1n) is 6.96. The van der Waals surface area contributed by atoms with Gasteiger partial charge in [0.15, 0.2) is 0 Å². The van der Waals surface area contributed by atoms with Gasteiger partial charge in [-0.25, -0.2) is 0 Å². The standard InChI is InChI=1S/C15H24N2O/c1-3-4-13-18-15-7-5-14(6-8-15)17-11-9-16(2)10-12-17/h5-8H,3-4,9-13H2,1-2H3. The fourth-order valence-corrected chi connectivity index (χ4v) is 2.15. The maximum atomic E-state index is 5.68. The third kappa shape index (κ3) is 3.64. The van der Waals surface area contributed by atoms with Crippen LogP contribution < -0.4 is 9.64 Å². The molecule has 1 aliphatic heterocycles. The van der Waals surface area contributed by atoms with Crippen LogP contribution >= 0.6 is 0 Å². The molecule has 2 rings (SSSR count). The van der Waals surface area contributed by atoms with Crippen molar-refractivity contribution in [1.82, 2.24) is 4.90 Å². The molecular formula is C15H24N2O. The zero-order chi connectivity index (χ0) is 12.8. The van der Waals surface area contributed by atoms with Crippen molar-refractivity contribution in [2.75, 3.05) is 44.7 Å². The lowest BCUT2D eigenvalue weighted by Gasteiger charge is -2.34. The van der Waals surface area contributed by atoms with E-state index in [2.05, 4.69) is 48.0 Å². The van der Waals surface area contributed by atoms with Gasteiger partial charge in [0.2, 0.25) is 0 Å². The molecule has 0 atom stereocenters. The Bertz CT molecular complexity index is 342. The Hall–Kier alpha value is -1.22. The van der Waals surface area contributed by atoms with Gasteiger partial charge in [-0.15, -0.1) is 0 Å². The SMILES string of the molecule is CCCCOc1ccc(N2CCN(C)CC2)cc1. The van der Waals surface area contributed by atoms with E-state index in [1.807, 2.05) is 0 Å². The molecule has 0 spiro atoms. The zero-order valence-electron chi connectivity index (χ0n) is 11.6. The average Bonchev–Trinajstić information content (AvgIpc) is 2.41. The first-order chi connectivity index (χ1) is 8.79. The number of piperazine rings is 1. The van der Waals surface area contributed by atoms with E-state index >= 15 is 0 Å². The Kier molecular flexibility index (Phi) is 4.88. The summed E-state index contributed by atoms with van der Waals surface area (Å²) in [5.74, 6) is 0.987. The van der Waals surface area contributed by atoms with E-state index in [9.17, 15) is 0 Å². The van der Waals surface area contributed by atoms with Crippen LogP contribution in [0.15, 0.2) is 24.3 Å². The first-order valence-corrected chi connectivity index (χ1v) is 6.96. The Morgan fingerprint density at radius 2 is 1.72 bits per heavy atom. The van der Waals surface area contributed by atoms with Crippen LogP contribution in [0.1, 0.15) is 19.8 Å². The predicted octanol–water partition coefficient (Wildman–Crippen LogP) is 2.62. The van der Waals surface area contributed by atoms with E-state index in [1.54, 1.807) is 0 Å². The van der Waals surface area contributed by atoms with Gasteiger partial charge in [0.05, 0.1) is 6.61 Å². The van der Waals surface area contributed by atoms with Crippen molar-refractivity contribution in [2.24, 2.45) is 0 Å². The second kappa shape index (κ2) is 6.64. The summed E-state index contributed by atoms with van der Waals surface area (Å²) in [5.41, 5.74) is 1.31. The molecule has 0 amide bonds. The largest absolute Gasteiger partial charge is 0.494 e. The Morgan fingerprint density at radius 1 is 1.06 bits per heavy atom. The minimum atomic E-state index is 0.824. The zero-order valence-corrected chi connectivity index (χ0v) is 11.6. The number of hydrogen-bond acceptors (Lipinski definition) is 3. The maximum Gasteiger partial charge on any atom is 0.119 e. The summed E-state index contributed by atoms with van der Waals surface area (Å²) in [7, 11) is 2.18. The van der Waals surface area contributed by atoms with Crippen LogP contribution in [0.4, 0.5) is 5.69 Å². The van der Waals surface area contributed by atoms with E-state index < -0.39 is 0 Å². The number of rotatable bonds is 5. The molecule has 1 aromatic carbocycles. The van der Waals surface area contributed by atoms with Crippen molar-refractivity contribution in [3.8, 4) is 5.75 Å². The highest BCUT2D eigenvalue weighted by molar-refractivity contribution is 5.49. The van der Waals surface area contributed by atoms with Gasteiger partial charge in [0, 0.05) is 31.9 Å². The molecule has 3 heteroatoms. The molecule has 0 aromatic heterocycles. The van der Waals surface area contributed by atoms with Crippen LogP contribution in [-0.2, 0) is 0 Å². The molecule has 3 nitrogen and oxygen atoms in total. The molecule has 1 fully saturated rings. The van der Waals surface area contributed by atoms with E-state index in [0.717, 1.165) is 45.0 Å². The Labute approximate surface area is 110 Å². The highest BCUT2D eigenvalue weighted by Gasteiger charge is 2.13. The monoisotopic (exact) mass is 248 g/mol. The molecule has 0 saturated carbocycles. The minimum absolute atomic E-state index is 0.824. The average molecular weight is 248 g/mol. The molecule has 18 heavy (non-hydrogen) atoms. The second-order valence-electron chi connectivity index (χ2n) is 4.99. The highest BCUT2D eigenvalue weighted by Crippen LogP contribution is 2.20. The number of benzene rings is 1. The van der Waals surface area contributed by atoms with Crippen molar-refractivity contribution in [1.29, 1.82) is 0 Å².